The number of fused-ring (bicyclic) bond motifs is 1. The standard InChI is InChI=1S/C18H11BrN2O3/c19-12-6-7-13-14(9-20)17(16(18(22)23)21-15(13)8-12)24-10-11-4-2-1-3-5-11/h1-8H,10H2,(H,22,23). The molecule has 0 atom stereocenters. The number of nitriles is 1. The highest BCUT2D eigenvalue weighted by Gasteiger charge is 2.21. The van der Waals surface area contributed by atoms with Gasteiger partial charge in [0, 0.05) is 9.86 Å². The van der Waals surface area contributed by atoms with E-state index in [0.29, 0.717) is 10.9 Å². The first-order valence-electron chi connectivity index (χ1n) is 7.03. The molecule has 0 spiro atoms. The predicted octanol–water partition coefficient (Wildman–Crippen LogP) is 4.15. The van der Waals surface area contributed by atoms with E-state index in [2.05, 4.69) is 20.9 Å². The van der Waals surface area contributed by atoms with Gasteiger partial charge in [0.25, 0.3) is 0 Å². The van der Waals surface area contributed by atoms with Gasteiger partial charge in [0.2, 0.25) is 0 Å². The van der Waals surface area contributed by atoms with Crippen LogP contribution in [0, 0.1) is 11.3 Å². The summed E-state index contributed by atoms with van der Waals surface area (Å²) in [4.78, 5) is 15.7. The molecule has 6 heteroatoms. The Morgan fingerprint density at radius 3 is 2.67 bits per heavy atom. The average Bonchev–Trinajstić information content (AvgIpc) is 2.59. The van der Waals surface area contributed by atoms with E-state index in [1.165, 1.54) is 0 Å². The summed E-state index contributed by atoms with van der Waals surface area (Å²) >= 11 is 3.32. The molecule has 2 aromatic carbocycles. The monoisotopic (exact) mass is 382 g/mol. The van der Waals surface area contributed by atoms with Gasteiger partial charge in [-0.3, -0.25) is 0 Å². The van der Waals surface area contributed by atoms with Gasteiger partial charge >= 0.3 is 5.97 Å². The van der Waals surface area contributed by atoms with Crippen molar-refractivity contribution in [3.05, 3.63) is 69.8 Å². The highest BCUT2D eigenvalue weighted by molar-refractivity contribution is 9.10. The number of rotatable bonds is 4. The third-order valence-corrected chi connectivity index (χ3v) is 3.94. The number of aromatic carboxylic acids is 1. The molecule has 1 aromatic heterocycles. The second kappa shape index (κ2) is 6.69. The Morgan fingerprint density at radius 2 is 2.00 bits per heavy atom. The normalized spacial score (nSPS) is 10.3. The molecule has 0 unspecified atom stereocenters. The van der Waals surface area contributed by atoms with Gasteiger partial charge in [0.15, 0.2) is 11.4 Å². The Hall–Kier alpha value is -2.91. The molecule has 0 aliphatic carbocycles. The number of hydrogen-bond donors (Lipinski definition) is 1. The average molecular weight is 383 g/mol. The van der Waals surface area contributed by atoms with Crippen LogP contribution < -0.4 is 4.74 Å². The molecule has 1 heterocycles. The van der Waals surface area contributed by atoms with Crippen molar-refractivity contribution in [3.8, 4) is 11.8 Å². The Kier molecular flexibility index (Phi) is 4.45. The minimum Gasteiger partial charge on any atom is -0.485 e. The molecule has 5 nitrogen and oxygen atoms in total. The molecule has 0 radical (unpaired) electrons. The van der Waals surface area contributed by atoms with Crippen molar-refractivity contribution in [1.82, 2.24) is 4.98 Å². The second-order valence-corrected chi connectivity index (χ2v) is 5.93. The van der Waals surface area contributed by atoms with Crippen LogP contribution in [0.5, 0.6) is 5.75 Å². The maximum Gasteiger partial charge on any atom is 0.358 e. The maximum atomic E-state index is 11.6. The van der Waals surface area contributed by atoms with E-state index in [4.69, 9.17) is 4.74 Å². The van der Waals surface area contributed by atoms with E-state index < -0.39 is 5.97 Å². The fourth-order valence-corrected chi connectivity index (χ4v) is 2.70. The summed E-state index contributed by atoms with van der Waals surface area (Å²) < 4.78 is 6.42. The predicted molar refractivity (Wildman–Crippen MR) is 91.9 cm³/mol. The van der Waals surface area contributed by atoms with Gasteiger partial charge in [-0.15, -0.1) is 0 Å². The Bertz CT molecular complexity index is 965. The summed E-state index contributed by atoms with van der Waals surface area (Å²) in [6, 6.07) is 16.5. The van der Waals surface area contributed by atoms with Gasteiger partial charge in [0.05, 0.1) is 5.52 Å². The van der Waals surface area contributed by atoms with Crippen LogP contribution in [-0.4, -0.2) is 16.1 Å². The molecule has 0 aliphatic heterocycles. The van der Waals surface area contributed by atoms with Gasteiger partial charge in [-0.2, -0.15) is 5.26 Å². The first kappa shape index (κ1) is 16.0. The Balaban J connectivity index is 2.14. The third-order valence-electron chi connectivity index (χ3n) is 3.44. The highest BCUT2D eigenvalue weighted by atomic mass is 79.9. The highest BCUT2D eigenvalue weighted by Crippen LogP contribution is 2.31. The molecular formula is C18H11BrN2O3. The smallest absolute Gasteiger partial charge is 0.358 e. The SMILES string of the molecule is N#Cc1c(OCc2ccccc2)c(C(=O)O)nc2cc(Br)ccc12. The molecule has 0 fully saturated rings. The van der Waals surface area contributed by atoms with E-state index >= 15 is 0 Å². The van der Waals surface area contributed by atoms with Crippen LogP contribution in [0.25, 0.3) is 10.9 Å². The number of pyridine rings is 1. The number of carbonyl (C=O) groups is 1. The lowest BCUT2D eigenvalue weighted by Crippen LogP contribution is -2.08. The van der Waals surface area contributed by atoms with Gasteiger partial charge in [-0.05, 0) is 17.7 Å². The van der Waals surface area contributed by atoms with Crippen molar-refractivity contribution < 1.29 is 14.6 Å². The molecule has 1 N–H and O–H groups in total. The van der Waals surface area contributed by atoms with Crippen molar-refractivity contribution in [1.29, 1.82) is 5.26 Å². The summed E-state index contributed by atoms with van der Waals surface area (Å²) in [6.07, 6.45) is 0. The summed E-state index contributed by atoms with van der Waals surface area (Å²) in [5.74, 6) is -1.25. The van der Waals surface area contributed by atoms with Gasteiger partial charge < -0.3 is 9.84 Å². The van der Waals surface area contributed by atoms with Gasteiger partial charge in [-0.1, -0.05) is 52.3 Å². The lowest BCUT2D eigenvalue weighted by molar-refractivity contribution is 0.0685. The molecule has 24 heavy (non-hydrogen) atoms. The van der Waals surface area contributed by atoms with Crippen LogP contribution in [0.15, 0.2) is 53.0 Å². The van der Waals surface area contributed by atoms with Crippen LogP contribution in [-0.2, 0) is 6.61 Å². The van der Waals surface area contributed by atoms with Crippen LogP contribution in [0.4, 0.5) is 0 Å². The fraction of sp³-hybridized carbons (Fsp3) is 0.0556. The largest absolute Gasteiger partial charge is 0.485 e. The van der Waals surface area contributed by atoms with E-state index in [1.54, 1.807) is 18.2 Å². The Labute approximate surface area is 146 Å². The first-order chi connectivity index (χ1) is 11.6. The van der Waals surface area contributed by atoms with E-state index in [9.17, 15) is 15.2 Å². The Morgan fingerprint density at radius 1 is 1.25 bits per heavy atom. The number of ether oxygens (including phenoxy) is 1. The number of carboxylic acids is 1. The minimum absolute atomic E-state index is 0.0105. The number of hydrogen-bond acceptors (Lipinski definition) is 4. The van der Waals surface area contributed by atoms with Crippen molar-refractivity contribution in [2.45, 2.75) is 6.61 Å². The number of aromatic nitrogens is 1. The van der Waals surface area contributed by atoms with Crippen molar-refractivity contribution in [2.24, 2.45) is 0 Å². The summed E-state index contributed by atoms with van der Waals surface area (Å²) in [7, 11) is 0. The lowest BCUT2D eigenvalue weighted by Gasteiger charge is -2.12. The summed E-state index contributed by atoms with van der Waals surface area (Å²) in [5.41, 5.74) is 1.19. The van der Waals surface area contributed by atoms with Gasteiger partial charge in [0.1, 0.15) is 18.2 Å². The number of benzene rings is 2. The molecule has 0 aliphatic rings. The van der Waals surface area contributed by atoms with Crippen LogP contribution in [0.3, 0.4) is 0 Å². The molecule has 118 valence electrons. The first-order valence-corrected chi connectivity index (χ1v) is 7.83. The third kappa shape index (κ3) is 3.07. The fourth-order valence-electron chi connectivity index (χ4n) is 2.35. The topological polar surface area (TPSA) is 83.2 Å². The minimum atomic E-state index is -1.24. The van der Waals surface area contributed by atoms with E-state index in [1.807, 2.05) is 36.4 Å². The van der Waals surface area contributed by atoms with Gasteiger partial charge in [-0.25, -0.2) is 9.78 Å². The zero-order chi connectivity index (χ0) is 17.1. The quantitative estimate of drug-likeness (QED) is 0.732. The molecule has 0 saturated carbocycles. The van der Waals surface area contributed by atoms with Crippen molar-refractivity contribution in [2.75, 3.05) is 0 Å². The molecular weight excluding hydrogens is 372 g/mol. The summed E-state index contributed by atoms with van der Waals surface area (Å²) in [6.45, 7) is 0.152. The number of nitrogens with zero attached hydrogens (tertiary/aromatic N) is 2. The van der Waals surface area contributed by atoms with Crippen LogP contribution in [0.2, 0.25) is 0 Å². The zero-order valence-corrected chi connectivity index (χ0v) is 13.9. The zero-order valence-electron chi connectivity index (χ0n) is 12.4. The molecule has 0 amide bonds. The van der Waals surface area contributed by atoms with Crippen LogP contribution >= 0.6 is 15.9 Å². The van der Waals surface area contributed by atoms with E-state index in [-0.39, 0.29) is 23.6 Å². The number of halogens is 1. The summed E-state index contributed by atoms with van der Waals surface area (Å²) in [5, 5.41) is 19.5. The molecule has 0 bridgehead atoms. The van der Waals surface area contributed by atoms with Crippen molar-refractivity contribution in [3.63, 3.8) is 0 Å². The molecule has 3 rings (SSSR count). The van der Waals surface area contributed by atoms with E-state index in [0.717, 1.165) is 10.0 Å². The maximum absolute atomic E-state index is 11.6. The second-order valence-electron chi connectivity index (χ2n) is 5.02. The van der Waals surface area contributed by atoms with Crippen LogP contribution in [0.1, 0.15) is 21.6 Å². The van der Waals surface area contributed by atoms with Crippen molar-refractivity contribution >= 4 is 32.8 Å². The molecule has 0 saturated heterocycles. The number of carboxylic acid groups (broad SMARTS) is 1. The lowest BCUT2D eigenvalue weighted by atomic mass is 10.1. The molecule has 3 aromatic rings.